The predicted molar refractivity (Wildman–Crippen MR) is 44.3 cm³/mol. The van der Waals surface area contributed by atoms with Crippen LogP contribution in [0.15, 0.2) is 0 Å². The highest BCUT2D eigenvalue weighted by atomic mass is 32.2. The standard InChI is InChI=1S/C7H4F12O2S/c1-2(8,9)3(10,11)4(12,13)5(14,15)6(16,17)7(18,19)22(20)21/h1H3,(H,20,21)/p-1. The zero-order valence-corrected chi connectivity index (χ0v) is 10.6. The van der Waals surface area contributed by atoms with Crippen LogP contribution >= 0.6 is 0 Å². The van der Waals surface area contributed by atoms with Crippen LogP contribution in [0.4, 0.5) is 52.7 Å². The van der Waals surface area contributed by atoms with Gasteiger partial charge in [-0.1, -0.05) is 0 Å². The molecule has 0 aliphatic heterocycles. The second kappa shape index (κ2) is 5.14. The molecule has 0 saturated heterocycles. The third-order valence-corrected chi connectivity index (χ3v) is 2.98. The first-order valence-corrected chi connectivity index (χ1v) is 5.63. The SMILES string of the molecule is CC(F)(F)C(F)(F)C(F)(F)C(F)(F)C(F)(F)C(F)(F)S(=O)[O-]. The van der Waals surface area contributed by atoms with Gasteiger partial charge in [0, 0.05) is 18.0 Å². The van der Waals surface area contributed by atoms with Gasteiger partial charge in [0.05, 0.1) is 0 Å². The zero-order valence-electron chi connectivity index (χ0n) is 9.76. The first-order chi connectivity index (χ1) is 9.19. The fourth-order valence-electron chi connectivity index (χ4n) is 0.957. The van der Waals surface area contributed by atoms with E-state index >= 15 is 0 Å². The fraction of sp³-hybridized carbons (Fsp3) is 1.00. The van der Waals surface area contributed by atoms with E-state index in [1.807, 2.05) is 0 Å². The Balaban J connectivity index is 6.29. The summed E-state index contributed by atoms with van der Waals surface area (Å²) < 4.78 is 171. The molecule has 0 bridgehead atoms. The number of rotatable bonds is 6. The summed E-state index contributed by atoms with van der Waals surface area (Å²) >= 11 is -5.45. The van der Waals surface area contributed by atoms with E-state index in [9.17, 15) is 61.4 Å². The quantitative estimate of drug-likeness (QED) is 0.522. The van der Waals surface area contributed by atoms with E-state index in [4.69, 9.17) is 0 Å². The van der Waals surface area contributed by atoms with Gasteiger partial charge in [0.25, 0.3) is 0 Å². The molecule has 0 aliphatic rings. The lowest BCUT2D eigenvalue weighted by molar-refractivity contribution is -0.414. The lowest BCUT2D eigenvalue weighted by Gasteiger charge is -2.40. The molecule has 0 rings (SSSR count). The number of halogens is 12. The highest BCUT2D eigenvalue weighted by molar-refractivity contribution is 7.80. The van der Waals surface area contributed by atoms with Crippen molar-refractivity contribution in [3.05, 3.63) is 0 Å². The van der Waals surface area contributed by atoms with Gasteiger partial charge in [-0.2, -0.15) is 52.7 Å². The minimum atomic E-state index is -7.84. The van der Waals surface area contributed by atoms with Crippen LogP contribution < -0.4 is 0 Å². The molecular formula is C7H3F12O2S-. The lowest BCUT2D eigenvalue weighted by Crippen LogP contribution is -2.70. The first kappa shape index (κ1) is 21.3. The second-order valence-corrected chi connectivity index (χ2v) is 4.92. The van der Waals surface area contributed by atoms with Crippen molar-refractivity contribution >= 4 is 11.1 Å². The number of alkyl halides is 12. The molecule has 1 unspecified atom stereocenters. The Morgan fingerprint density at radius 3 is 1.14 bits per heavy atom. The van der Waals surface area contributed by atoms with Gasteiger partial charge in [-0.3, -0.25) is 4.21 Å². The van der Waals surface area contributed by atoms with Gasteiger partial charge in [0.15, 0.2) is 0 Å². The molecule has 2 nitrogen and oxygen atoms in total. The molecule has 0 fully saturated rings. The van der Waals surface area contributed by atoms with Crippen molar-refractivity contribution in [2.75, 3.05) is 0 Å². The Hall–Kier alpha value is -0.730. The molecule has 134 valence electrons. The maximum Gasteiger partial charge on any atom is 0.389 e. The normalized spacial score (nSPS) is 17.5. The van der Waals surface area contributed by atoms with Crippen LogP contribution in [0.25, 0.3) is 0 Å². The van der Waals surface area contributed by atoms with Gasteiger partial charge in [0.1, 0.15) is 0 Å². The van der Waals surface area contributed by atoms with Gasteiger partial charge in [0.2, 0.25) is 0 Å². The van der Waals surface area contributed by atoms with Crippen LogP contribution in [-0.4, -0.2) is 43.6 Å². The summed E-state index contributed by atoms with van der Waals surface area (Å²) in [7, 11) is 0. The summed E-state index contributed by atoms with van der Waals surface area (Å²) in [6.07, 6.45) is 0. The Labute approximate surface area is 115 Å². The van der Waals surface area contributed by atoms with Crippen LogP contribution in [0.1, 0.15) is 6.92 Å². The third kappa shape index (κ3) is 2.55. The summed E-state index contributed by atoms with van der Waals surface area (Å²) in [4.78, 5) is 0. The summed E-state index contributed by atoms with van der Waals surface area (Å²) in [5, 5.41) is -6.95. The highest BCUT2D eigenvalue weighted by Crippen LogP contribution is 2.60. The Kier molecular flexibility index (Phi) is 4.97. The van der Waals surface area contributed by atoms with Crippen LogP contribution in [-0.2, 0) is 11.1 Å². The van der Waals surface area contributed by atoms with E-state index in [0.717, 1.165) is 0 Å². The molecule has 0 amide bonds. The minimum absolute atomic E-state index is 1.06. The van der Waals surface area contributed by atoms with Gasteiger partial charge in [-0.25, -0.2) is 0 Å². The smallest absolute Gasteiger partial charge is 0.389 e. The van der Waals surface area contributed by atoms with E-state index in [1.54, 1.807) is 0 Å². The molecule has 0 heterocycles. The van der Waals surface area contributed by atoms with Crippen molar-refractivity contribution < 1.29 is 61.4 Å². The molecule has 22 heavy (non-hydrogen) atoms. The Morgan fingerprint density at radius 2 is 0.909 bits per heavy atom. The third-order valence-electron chi connectivity index (χ3n) is 2.31. The van der Waals surface area contributed by atoms with Crippen LogP contribution in [0.2, 0.25) is 0 Å². The first-order valence-electron chi connectivity index (χ1n) is 4.56. The Bertz CT molecular complexity index is 453. The van der Waals surface area contributed by atoms with Gasteiger partial charge < -0.3 is 4.55 Å². The molecule has 0 spiro atoms. The molecular weight excluding hydrogens is 376 g/mol. The van der Waals surface area contributed by atoms with Gasteiger partial charge >= 0.3 is 34.9 Å². The molecule has 0 N–H and O–H groups in total. The second-order valence-electron chi connectivity index (χ2n) is 3.94. The lowest BCUT2D eigenvalue weighted by atomic mass is 9.95. The van der Waals surface area contributed by atoms with Crippen LogP contribution in [0.3, 0.4) is 0 Å². The average molecular weight is 379 g/mol. The fourth-order valence-corrected chi connectivity index (χ4v) is 1.29. The molecule has 0 aromatic rings. The highest BCUT2D eigenvalue weighted by Gasteiger charge is 2.89. The van der Waals surface area contributed by atoms with Gasteiger partial charge in [-0.15, -0.1) is 0 Å². The van der Waals surface area contributed by atoms with Crippen LogP contribution in [0, 0.1) is 0 Å². The average Bonchev–Trinajstić information content (AvgIpc) is 2.25. The van der Waals surface area contributed by atoms with E-state index in [-0.39, 0.29) is 0 Å². The van der Waals surface area contributed by atoms with Crippen molar-refractivity contribution in [1.82, 2.24) is 0 Å². The topological polar surface area (TPSA) is 40.1 Å². The summed E-state index contributed by atoms with van der Waals surface area (Å²) in [5.41, 5.74) is 0. The van der Waals surface area contributed by atoms with Crippen molar-refractivity contribution in [2.45, 2.75) is 41.8 Å². The van der Waals surface area contributed by atoms with E-state index in [2.05, 4.69) is 0 Å². The van der Waals surface area contributed by atoms with Crippen molar-refractivity contribution in [2.24, 2.45) is 0 Å². The molecule has 0 aliphatic carbocycles. The molecule has 1 atom stereocenters. The van der Waals surface area contributed by atoms with Crippen molar-refractivity contribution in [3.8, 4) is 0 Å². The van der Waals surface area contributed by atoms with E-state index in [0.29, 0.717) is 0 Å². The monoisotopic (exact) mass is 379 g/mol. The van der Waals surface area contributed by atoms with Crippen molar-refractivity contribution in [3.63, 3.8) is 0 Å². The molecule has 0 aromatic carbocycles. The molecule has 0 saturated carbocycles. The summed E-state index contributed by atoms with van der Waals surface area (Å²) in [5.74, 6) is -36.4. The Morgan fingerprint density at radius 1 is 0.636 bits per heavy atom. The maximum atomic E-state index is 12.8. The van der Waals surface area contributed by atoms with E-state index in [1.165, 1.54) is 0 Å². The maximum absolute atomic E-state index is 12.8. The van der Waals surface area contributed by atoms with E-state index < -0.39 is 52.9 Å². The number of hydrogen-bond acceptors (Lipinski definition) is 2. The van der Waals surface area contributed by atoms with Crippen LogP contribution in [0.5, 0.6) is 0 Å². The molecule has 0 radical (unpaired) electrons. The van der Waals surface area contributed by atoms with Gasteiger partial charge in [-0.05, 0) is 0 Å². The molecule has 15 heteroatoms. The largest absolute Gasteiger partial charge is 0.768 e. The predicted octanol–water partition coefficient (Wildman–Crippen LogP) is 3.65. The summed E-state index contributed by atoms with van der Waals surface area (Å²) in [6, 6.07) is 0. The molecule has 0 aromatic heterocycles. The number of hydrogen-bond donors (Lipinski definition) is 0. The van der Waals surface area contributed by atoms with Crippen molar-refractivity contribution in [1.29, 1.82) is 0 Å². The minimum Gasteiger partial charge on any atom is -0.768 e. The summed E-state index contributed by atoms with van der Waals surface area (Å²) in [6.45, 7) is -1.06. The zero-order chi connectivity index (χ0) is 18.6.